The van der Waals surface area contributed by atoms with Gasteiger partial charge in [0, 0.05) is 11.9 Å². The van der Waals surface area contributed by atoms with Gasteiger partial charge in [0.25, 0.3) is 0 Å². The average molecular weight is 334 g/mol. The fourth-order valence-corrected chi connectivity index (χ4v) is 3.70. The summed E-state index contributed by atoms with van der Waals surface area (Å²) in [7, 11) is -3.92. The second-order valence-electron chi connectivity index (χ2n) is 4.93. The molecule has 1 unspecified atom stereocenters. The molecule has 9 heteroatoms. The van der Waals surface area contributed by atoms with Gasteiger partial charge in [-0.1, -0.05) is 13.8 Å². The lowest BCUT2D eigenvalue weighted by Crippen LogP contribution is -2.45. The Labute approximate surface area is 127 Å². The second-order valence-corrected chi connectivity index (χ2v) is 7.56. The minimum atomic E-state index is -3.92. The van der Waals surface area contributed by atoms with E-state index in [1.807, 2.05) is 13.8 Å². The monoisotopic (exact) mass is 334 g/mol. The third kappa shape index (κ3) is 5.10. The number of carbonyl (C=O) groups is 2. The van der Waals surface area contributed by atoms with Crippen molar-refractivity contribution in [3.8, 4) is 0 Å². The second kappa shape index (κ2) is 7.01. The first-order valence-corrected chi connectivity index (χ1v) is 8.61. The molecule has 0 saturated heterocycles. The predicted octanol–water partition coefficient (Wildman–Crippen LogP) is 0.885. The molecule has 7 nitrogen and oxygen atoms in total. The Bertz CT molecular complexity index is 621. The molecule has 3 N–H and O–H groups in total. The Hall–Kier alpha value is -1.45. The van der Waals surface area contributed by atoms with Crippen LogP contribution in [0.3, 0.4) is 0 Å². The van der Waals surface area contributed by atoms with Crippen molar-refractivity contribution in [3.05, 3.63) is 16.3 Å². The Morgan fingerprint density at radius 3 is 2.43 bits per heavy atom. The fourth-order valence-electron chi connectivity index (χ4n) is 1.38. The summed E-state index contributed by atoms with van der Waals surface area (Å²) in [5.74, 6) is -1.36. The molecule has 1 heterocycles. The molecule has 0 aliphatic heterocycles. The van der Waals surface area contributed by atoms with Crippen molar-refractivity contribution in [1.29, 1.82) is 0 Å². The maximum atomic E-state index is 12.0. The minimum absolute atomic E-state index is 0.0766. The summed E-state index contributed by atoms with van der Waals surface area (Å²) in [5.41, 5.74) is 0. The van der Waals surface area contributed by atoms with Gasteiger partial charge in [-0.3, -0.25) is 4.79 Å². The van der Waals surface area contributed by atoms with Crippen LogP contribution in [-0.2, 0) is 14.8 Å². The molecule has 0 aliphatic rings. The number of hydrogen-bond donors (Lipinski definition) is 3. The Balaban J connectivity index is 2.75. The number of amides is 1. The van der Waals surface area contributed by atoms with E-state index in [-0.39, 0.29) is 15.7 Å². The number of nitrogens with one attached hydrogen (secondary N) is 2. The minimum Gasteiger partial charge on any atom is -0.477 e. The molecule has 0 saturated carbocycles. The standard InChI is InChI=1S/C12H18N2O5S2/c1-7(2)5-13-11(15)8(3)14-21(18,19)9-4-10(12(16)17)20-6-9/h4,6-8,14H,5H2,1-3H3,(H,13,15)(H,16,17). The number of carboxylic acid groups (broad SMARTS) is 1. The smallest absolute Gasteiger partial charge is 0.345 e. The zero-order chi connectivity index (χ0) is 16.2. The fraction of sp³-hybridized carbons (Fsp3) is 0.500. The first kappa shape index (κ1) is 17.6. The van der Waals surface area contributed by atoms with Crippen LogP contribution in [0.15, 0.2) is 16.3 Å². The number of hydrogen-bond acceptors (Lipinski definition) is 5. The number of rotatable bonds is 7. The topological polar surface area (TPSA) is 113 Å². The highest BCUT2D eigenvalue weighted by Crippen LogP contribution is 2.19. The molecule has 1 aromatic heterocycles. The van der Waals surface area contributed by atoms with E-state index in [2.05, 4.69) is 10.0 Å². The lowest BCUT2D eigenvalue weighted by Gasteiger charge is -2.14. The summed E-state index contributed by atoms with van der Waals surface area (Å²) >= 11 is 0.815. The van der Waals surface area contributed by atoms with Gasteiger partial charge in [0.15, 0.2) is 0 Å². The molecular weight excluding hydrogens is 316 g/mol. The van der Waals surface area contributed by atoms with Crippen molar-refractivity contribution in [1.82, 2.24) is 10.0 Å². The van der Waals surface area contributed by atoms with Gasteiger partial charge >= 0.3 is 5.97 Å². The summed E-state index contributed by atoms with van der Waals surface area (Å²) in [4.78, 5) is 22.3. The normalized spacial score (nSPS) is 13.1. The van der Waals surface area contributed by atoms with Gasteiger partial charge < -0.3 is 10.4 Å². The molecule has 0 fully saturated rings. The zero-order valence-electron chi connectivity index (χ0n) is 11.9. The van der Waals surface area contributed by atoms with Gasteiger partial charge in [0.05, 0.1) is 10.9 Å². The van der Waals surface area contributed by atoms with E-state index in [1.54, 1.807) is 0 Å². The highest BCUT2D eigenvalue weighted by molar-refractivity contribution is 7.89. The van der Waals surface area contributed by atoms with Crippen molar-refractivity contribution in [2.24, 2.45) is 5.92 Å². The van der Waals surface area contributed by atoms with Crippen LogP contribution in [0, 0.1) is 5.92 Å². The maximum absolute atomic E-state index is 12.0. The van der Waals surface area contributed by atoms with Gasteiger partial charge in [0.1, 0.15) is 4.88 Å². The van der Waals surface area contributed by atoms with Crippen LogP contribution >= 0.6 is 11.3 Å². The molecule has 1 rings (SSSR count). The Morgan fingerprint density at radius 2 is 1.95 bits per heavy atom. The molecule has 1 aromatic rings. The molecule has 0 aliphatic carbocycles. The molecule has 0 radical (unpaired) electrons. The van der Waals surface area contributed by atoms with E-state index in [1.165, 1.54) is 12.3 Å². The number of aromatic carboxylic acids is 1. The quantitative estimate of drug-likeness (QED) is 0.685. The van der Waals surface area contributed by atoms with E-state index in [4.69, 9.17) is 5.11 Å². The summed E-state index contributed by atoms with van der Waals surface area (Å²) in [6.45, 7) is 5.73. The van der Waals surface area contributed by atoms with Crippen LogP contribution in [0.2, 0.25) is 0 Å². The first-order valence-electron chi connectivity index (χ1n) is 6.25. The summed E-state index contributed by atoms with van der Waals surface area (Å²) < 4.78 is 26.3. The SMILES string of the molecule is CC(C)CNC(=O)C(C)NS(=O)(=O)c1csc(C(=O)O)c1. The van der Waals surface area contributed by atoms with Gasteiger partial charge in [-0.05, 0) is 18.9 Å². The van der Waals surface area contributed by atoms with Crippen LogP contribution < -0.4 is 10.0 Å². The highest BCUT2D eigenvalue weighted by atomic mass is 32.2. The maximum Gasteiger partial charge on any atom is 0.345 e. The van der Waals surface area contributed by atoms with Crippen molar-refractivity contribution in [3.63, 3.8) is 0 Å². The van der Waals surface area contributed by atoms with Crippen LogP contribution in [0.25, 0.3) is 0 Å². The van der Waals surface area contributed by atoms with Gasteiger partial charge in [-0.25, -0.2) is 13.2 Å². The first-order chi connectivity index (χ1) is 9.63. The molecule has 0 aromatic carbocycles. The molecule has 1 atom stereocenters. The highest BCUT2D eigenvalue weighted by Gasteiger charge is 2.24. The molecule has 0 spiro atoms. The van der Waals surface area contributed by atoms with E-state index >= 15 is 0 Å². The Kier molecular flexibility index (Phi) is 5.87. The summed E-state index contributed by atoms with van der Waals surface area (Å²) in [6, 6.07) is 0.121. The number of thiophene rings is 1. The third-order valence-corrected chi connectivity index (χ3v) is 5.09. The van der Waals surface area contributed by atoms with E-state index in [0.29, 0.717) is 6.54 Å². The predicted molar refractivity (Wildman–Crippen MR) is 78.9 cm³/mol. The lowest BCUT2D eigenvalue weighted by molar-refractivity contribution is -0.122. The van der Waals surface area contributed by atoms with Gasteiger partial charge in [-0.2, -0.15) is 4.72 Å². The van der Waals surface area contributed by atoms with E-state index in [0.717, 1.165) is 17.4 Å². The Morgan fingerprint density at radius 1 is 1.33 bits per heavy atom. The van der Waals surface area contributed by atoms with Crippen LogP contribution in [0.4, 0.5) is 0 Å². The summed E-state index contributed by atoms with van der Waals surface area (Å²) in [5, 5.41) is 12.6. The van der Waals surface area contributed by atoms with Crippen molar-refractivity contribution in [2.75, 3.05) is 6.54 Å². The van der Waals surface area contributed by atoms with E-state index in [9.17, 15) is 18.0 Å². The largest absolute Gasteiger partial charge is 0.477 e. The van der Waals surface area contributed by atoms with Crippen molar-refractivity contribution >= 4 is 33.2 Å². The molecular formula is C12H18N2O5S2. The summed E-state index contributed by atoms with van der Waals surface area (Å²) in [6.07, 6.45) is 0. The molecule has 1 amide bonds. The number of carbonyl (C=O) groups excluding carboxylic acids is 1. The van der Waals surface area contributed by atoms with E-state index < -0.39 is 27.9 Å². The number of sulfonamides is 1. The average Bonchev–Trinajstić information content (AvgIpc) is 2.85. The van der Waals surface area contributed by atoms with Crippen LogP contribution in [0.1, 0.15) is 30.4 Å². The zero-order valence-corrected chi connectivity index (χ0v) is 13.5. The molecule has 118 valence electrons. The van der Waals surface area contributed by atoms with Crippen molar-refractivity contribution in [2.45, 2.75) is 31.7 Å². The van der Waals surface area contributed by atoms with Gasteiger partial charge in [0.2, 0.25) is 15.9 Å². The van der Waals surface area contributed by atoms with Crippen molar-refractivity contribution < 1.29 is 23.1 Å². The third-order valence-electron chi connectivity index (χ3n) is 2.51. The molecule has 0 bridgehead atoms. The molecule has 21 heavy (non-hydrogen) atoms. The van der Waals surface area contributed by atoms with Crippen LogP contribution in [-0.4, -0.2) is 38.0 Å². The lowest BCUT2D eigenvalue weighted by atomic mass is 10.2. The number of carboxylic acids is 1. The van der Waals surface area contributed by atoms with Gasteiger partial charge in [-0.15, -0.1) is 11.3 Å². The van der Waals surface area contributed by atoms with Crippen LogP contribution in [0.5, 0.6) is 0 Å².